The number of carbonyl (C=O) groups is 1. The molecule has 2 heterocycles. The molecule has 5 nitrogen and oxygen atoms in total. The van der Waals surface area contributed by atoms with E-state index in [1.807, 2.05) is 13.8 Å². The number of aromatic carboxylic acids is 1. The summed E-state index contributed by atoms with van der Waals surface area (Å²) in [7, 11) is 0. The Balaban J connectivity index is 2.05. The van der Waals surface area contributed by atoms with E-state index in [-0.39, 0.29) is 17.8 Å². The molecule has 0 amide bonds. The van der Waals surface area contributed by atoms with Gasteiger partial charge >= 0.3 is 5.97 Å². The van der Waals surface area contributed by atoms with Gasteiger partial charge in [-0.15, -0.1) is 0 Å². The van der Waals surface area contributed by atoms with Crippen LogP contribution in [0, 0.1) is 6.92 Å². The third kappa shape index (κ3) is 2.91. The van der Waals surface area contributed by atoms with E-state index in [2.05, 4.69) is 4.90 Å². The lowest BCUT2D eigenvalue weighted by Gasteiger charge is -2.34. The molecule has 1 aromatic rings. The fraction of sp³-hybridized carbons (Fsp3) is 0.615. The van der Waals surface area contributed by atoms with Crippen molar-refractivity contribution in [2.24, 2.45) is 0 Å². The van der Waals surface area contributed by atoms with Gasteiger partial charge < -0.3 is 14.3 Å². The summed E-state index contributed by atoms with van der Waals surface area (Å²) in [6, 6.07) is 1.61. The summed E-state index contributed by atoms with van der Waals surface area (Å²) in [5.41, 5.74) is 0.249. The smallest absolute Gasteiger partial charge is 0.339 e. The molecule has 0 bridgehead atoms. The first-order chi connectivity index (χ1) is 8.45. The fourth-order valence-corrected chi connectivity index (χ4v) is 2.47. The van der Waals surface area contributed by atoms with E-state index in [1.165, 1.54) is 0 Å². The first-order valence-electron chi connectivity index (χ1n) is 6.16. The van der Waals surface area contributed by atoms with E-state index in [1.54, 1.807) is 13.0 Å². The normalized spacial score (nSPS) is 25.3. The molecule has 2 rings (SSSR count). The Labute approximate surface area is 106 Å². The van der Waals surface area contributed by atoms with Crippen LogP contribution in [-0.2, 0) is 11.3 Å². The number of carboxylic acid groups (broad SMARTS) is 1. The van der Waals surface area contributed by atoms with Gasteiger partial charge in [0.1, 0.15) is 17.1 Å². The van der Waals surface area contributed by atoms with Gasteiger partial charge in [0.25, 0.3) is 0 Å². The van der Waals surface area contributed by atoms with Crippen molar-refractivity contribution in [1.82, 2.24) is 4.90 Å². The van der Waals surface area contributed by atoms with Crippen molar-refractivity contribution in [2.75, 3.05) is 13.1 Å². The first kappa shape index (κ1) is 13.1. The number of morpholine rings is 1. The number of furan rings is 1. The number of rotatable bonds is 3. The number of hydrogen-bond donors (Lipinski definition) is 1. The lowest BCUT2D eigenvalue weighted by Crippen LogP contribution is -2.44. The molecular formula is C13H19NO4. The topological polar surface area (TPSA) is 62.9 Å². The zero-order chi connectivity index (χ0) is 13.3. The summed E-state index contributed by atoms with van der Waals surface area (Å²) in [5.74, 6) is 0.226. The van der Waals surface area contributed by atoms with Crippen molar-refractivity contribution in [3.05, 3.63) is 23.2 Å². The van der Waals surface area contributed by atoms with Crippen LogP contribution in [0.2, 0.25) is 0 Å². The third-order valence-corrected chi connectivity index (χ3v) is 3.07. The monoisotopic (exact) mass is 253 g/mol. The highest BCUT2D eigenvalue weighted by Gasteiger charge is 2.23. The fourth-order valence-electron chi connectivity index (χ4n) is 2.47. The molecule has 1 fully saturated rings. The molecule has 0 spiro atoms. The Hall–Kier alpha value is -1.33. The Morgan fingerprint density at radius 2 is 2.06 bits per heavy atom. The summed E-state index contributed by atoms with van der Waals surface area (Å²) in [6.07, 6.45) is 0.396. The highest BCUT2D eigenvalue weighted by molar-refractivity contribution is 5.88. The minimum Gasteiger partial charge on any atom is -0.478 e. The SMILES string of the molecule is Cc1oc(CN2C[C@@H](C)O[C@@H](C)C2)cc1C(=O)O. The van der Waals surface area contributed by atoms with Crippen LogP contribution < -0.4 is 0 Å². The Morgan fingerprint density at radius 3 is 2.56 bits per heavy atom. The highest BCUT2D eigenvalue weighted by atomic mass is 16.5. The van der Waals surface area contributed by atoms with Gasteiger partial charge in [-0.3, -0.25) is 4.90 Å². The van der Waals surface area contributed by atoms with Crippen LogP contribution in [0.4, 0.5) is 0 Å². The summed E-state index contributed by atoms with van der Waals surface area (Å²) >= 11 is 0. The molecule has 1 aromatic heterocycles. The van der Waals surface area contributed by atoms with E-state index < -0.39 is 5.97 Å². The van der Waals surface area contributed by atoms with E-state index in [4.69, 9.17) is 14.3 Å². The Morgan fingerprint density at radius 1 is 1.44 bits per heavy atom. The Bertz CT molecular complexity index is 430. The summed E-state index contributed by atoms with van der Waals surface area (Å²) in [6.45, 7) is 8.07. The van der Waals surface area contributed by atoms with Crippen LogP contribution in [-0.4, -0.2) is 41.3 Å². The van der Waals surface area contributed by atoms with Crippen molar-refractivity contribution >= 4 is 5.97 Å². The third-order valence-electron chi connectivity index (χ3n) is 3.07. The van der Waals surface area contributed by atoms with Crippen molar-refractivity contribution in [2.45, 2.75) is 39.5 Å². The van der Waals surface area contributed by atoms with Gasteiger partial charge in [-0.05, 0) is 26.8 Å². The van der Waals surface area contributed by atoms with Crippen molar-refractivity contribution in [3.8, 4) is 0 Å². The van der Waals surface area contributed by atoms with E-state index in [0.717, 1.165) is 13.1 Å². The van der Waals surface area contributed by atoms with Crippen LogP contribution in [0.15, 0.2) is 10.5 Å². The predicted molar refractivity (Wildman–Crippen MR) is 65.7 cm³/mol. The lowest BCUT2D eigenvalue weighted by atomic mass is 10.2. The van der Waals surface area contributed by atoms with Crippen LogP contribution in [0.3, 0.4) is 0 Å². The van der Waals surface area contributed by atoms with Crippen molar-refractivity contribution in [1.29, 1.82) is 0 Å². The van der Waals surface area contributed by atoms with Crippen molar-refractivity contribution < 1.29 is 19.1 Å². The molecule has 1 aliphatic heterocycles. The van der Waals surface area contributed by atoms with Gasteiger partial charge in [0.05, 0.1) is 18.8 Å². The van der Waals surface area contributed by atoms with Gasteiger partial charge in [0.15, 0.2) is 0 Å². The maximum Gasteiger partial charge on any atom is 0.339 e. The minimum atomic E-state index is -0.939. The van der Waals surface area contributed by atoms with Gasteiger partial charge in [0.2, 0.25) is 0 Å². The van der Waals surface area contributed by atoms with E-state index in [0.29, 0.717) is 18.1 Å². The lowest BCUT2D eigenvalue weighted by molar-refractivity contribution is -0.0718. The van der Waals surface area contributed by atoms with Crippen LogP contribution in [0.1, 0.15) is 35.7 Å². The second kappa shape index (κ2) is 5.12. The van der Waals surface area contributed by atoms with Crippen LogP contribution in [0.5, 0.6) is 0 Å². The van der Waals surface area contributed by atoms with Gasteiger partial charge in [-0.2, -0.15) is 0 Å². The molecular weight excluding hydrogens is 234 g/mol. The molecule has 1 aliphatic rings. The number of nitrogens with zero attached hydrogens (tertiary/aromatic N) is 1. The highest BCUT2D eigenvalue weighted by Crippen LogP contribution is 2.19. The molecule has 0 aliphatic carbocycles. The molecule has 1 N–H and O–H groups in total. The number of carboxylic acids is 1. The number of ether oxygens (including phenoxy) is 1. The average Bonchev–Trinajstić information content (AvgIpc) is 2.57. The molecule has 0 saturated carbocycles. The summed E-state index contributed by atoms with van der Waals surface area (Å²) < 4.78 is 11.1. The largest absolute Gasteiger partial charge is 0.478 e. The Kier molecular flexibility index (Phi) is 3.73. The predicted octanol–water partition coefficient (Wildman–Crippen LogP) is 1.90. The molecule has 18 heavy (non-hydrogen) atoms. The molecule has 1 saturated heterocycles. The van der Waals surface area contributed by atoms with Gasteiger partial charge in [0, 0.05) is 13.1 Å². The zero-order valence-corrected chi connectivity index (χ0v) is 11.0. The quantitative estimate of drug-likeness (QED) is 0.891. The van der Waals surface area contributed by atoms with Crippen LogP contribution >= 0.6 is 0 Å². The maximum absolute atomic E-state index is 10.9. The average molecular weight is 253 g/mol. The molecule has 0 aromatic carbocycles. The first-order valence-corrected chi connectivity index (χ1v) is 6.16. The standard InChI is InChI=1S/C13H19NO4/c1-8-5-14(6-9(2)17-8)7-11-4-12(13(15)16)10(3)18-11/h4,8-9H,5-7H2,1-3H3,(H,15,16)/t8-,9+. The minimum absolute atomic E-state index is 0.198. The summed E-state index contributed by atoms with van der Waals surface area (Å²) in [5, 5.41) is 8.98. The molecule has 2 atom stereocenters. The second-order valence-corrected chi connectivity index (χ2v) is 4.94. The maximum atomic E-state index is 10.9. The number of aryl methyl sites for hydroxylation is 1. The molecule has 5 heteroatoms. The summed E-state index contributed by atoms with van der Waals surface area (Å²) in [4.78, 5) is 13.2. The number of hydrogen-bond acceptors (Lipinski definition) is 4. The van der Waals surface area contributed by atoms with Gasteiger partial charge in [-0.1, -0.05) is 0 Å². The zero-order valence-electron chi connectivity index (χ0n) is 11.0. The molecule has 100 valence electrons. The van der Waals surface area contributed by atoms with Gasteiger partial charge in [-0.25, -0.2) is 4.79 Å². The van der Waals surface area contributed by atoms with Crippen molar-refractivity contribution in [3.63, 3.8) is 0 Å². The molecule has 0 unspecified atom stereocenters. The molecule has 0 radical (unpaired) electrons. The van der Waals surface area contributed by atoms with Crippen LogP contribution in [0.25, 0.3) is 0 Å². The van der Waals surface area contributed by atoms with E-state index in [9.17, 15) is 4.79 Å². The van der Waals surface area contributed by atoms with E-state index >= 15 is 0 Å². The second-order valence-electron chi connectivity index (χ2n) is 4.94.